The van der Waals surface area contributed by atoms with Crippen LogP contribution in [-0.2, 0) is 9.53 Å². The molecule has 2 aliphatic rings. The zero-order chi connectivity index (χ0) is 24.1. The van der Waals surface area contributed by atoms with E-state index in [1.165, 1.54) is 12.1 Å². The second kappa shape index (κ2) is 10.9. The summed E-state index contributed by atoms with van der Waals surface area (Å²) in [6.45, 7) is 5.46. The van der Waals surface area contributed by atoms with Crippen molar-refractivity contribution in [2.45, 2.75) is 17.9 Å². The molecule has 0 aliphatic carbocycles. The Morgan fingerprint density at radius 1 is 1.09 bits per heavy atom. The van der Waals surface area contributed by atoms with E-state index in [0.29, 0.717) is 17.8 Å². The van der Waals surface area contributed by atoms with E-state index >= 15 is 0 Å². The zero-order valence-electron chi connectivity index (χ0n) is 19.3. The van der Waals surface area contributed by atoms with Crippen LogP contribution in [0.5, 0.6) is 0 Å². The van der Waals surface area contributed by atoms with Crippen LogP contribution in [-0.4, -0.2) is 62.5 Å². The molecule has 2 aliphatic heterocycles. The average Bonchev–Trinajstić information content (AvgIpc) is 2.85. The number of ether oxygens (including phenoxy) is 1. The van der Waals surface area contributed by atoms with Crippen molar-refractivity contribution in [1.82, 2.24) is 15.5 Å². The Bertz CT molecular complexity index is 1050. The minimum atomic E-state index is -0.584. The standard InChI is InChI=1S/C25H29FN4O3S/c1-3-33-24(31)22-21(27-25(32)28-23(22)17-4-10-20(34-2)11-5-17)16-29-12-14-30(15-13-29)19-8-6-18(26)7-9-19/h4-11,23H,3,12-16H2,1-2H3,(H2,27,28,32). The lowest BCUT2D eigenvalue weighted by atomic mass is 9.95. The van der Waals surface area contributed by atoms with Crippen LogP contribution in [0.25, 0.3) is 0 Å². The number of thioether (sulfide) groups is 1. The number of hydrogen-bond donors (Lipinski definition) is 2. The number of nitrogens with one attached hydrogen (secondary N) is 2. The van der Waals surface area contributed by atoms with Gasteiger partial charge in [0.15, 0.2) is 0 Å². The van der Waals surface area contributed by atoms with Gasteiger partial charge in [-0.15, -0.1) is 11.8 Å². The van der Waals surface area contributed by atoms with Gasteiger partial charge in [0.2, 0.25) is 0 Å². The third kappa shape index (κ3) is 5.53. The number of piperazine rings is 1. The van der Waals surface area contributed by atoms with E-state index < -0.39 is 12.0 Å². The molecule has 2 amide bonds. The summed E-state index contributed by atoms with van der Waals surface area (Å²) < 4.78 is 18.6. The van der Waals surface area contributed by atoms with E-state index in [1.54, 1.807) is 30.8 Å². The van der Waals surface area contributed by atoms with Gasteiger partial charge in [-0.25, -0.2) is 14.0 Å². The molecule has 2 aromatic rings. The van der Waals surface area contributed by atoms with Crippen LogP contribution in [0.2, 0.25) is 0 Å². The number of halogens is 1. The van der Waals surface area contributed by atoms with Gasteiger partial charge >= 0.3 is 12.0 Å². The van der Waals surface area contributed by atoms with Gasteiger partial charge in [-0.1, -0.05) is 12.1 Å². The second-order valence-corrected chi connectivity index (χ2v) is 9.04. The molecule has 34 heavy (non-hydrogen) atoms. The molecule has 2 N–H and O–H groups in total. The van der Waals surface area contributed by atoms with Crippen LogP contribution in [0.4, 0.5) is 14.9 Å². The summed E-state index contributed by atoms with van der Waals surface area (Å²) in [6, 6.07) is 13.4. The fraction of sp³-hybridized carbons (Fsp3) is 0.360. The number of rotatable bonds is 7. The molecule has 2 aromatic carbocycles. The molecule has 1 fully saturated rings. The molecule has 0 bridgehead atoms. The fourth-order valence-electron chi connectivity index (χ4n) is 4.28. The van der Waals surface area contributed by atoms with Crippen LogP contribution < -0.4 is 15.5 Å². The van der Waals surface area contributed by atoms with Crippen LogP contribution in [0.15, 0.2) is 64.7 Å². The average molecular weight is 485 g/mol. The fourth-order valence-corrected chi connectivity index (χ4v) is 4.69. The largest absolute Gasteiger partial charge is 0.463 e. The molecule has 1 unspecified atom stereocenters. The van der Waals surface area contributed by atoms with Gasteiger partial charge in [0.05, 0.1) is 18.2 Å². The van der Waals surface area contributed by atoms with Crippen LogP contribution >= 0.6 is 11.8 Å². The Labute approximate surface area is 203 Å². The zero-order valence-corrected chi connectivity index (χ0v) is 20.2. The molecule has 9 heteroatoms. The molecule has 7 nitrogen and oxygen atoms in total. The summed E-state index contributed by atoms with van der Waals surface area (Å²) in [7, 11) is 0. The van der Waals surface area contributed by atoms with E-state index in [4.69, 9.17) is 4.74 Å². The monoisotopic (exact) mass is 484 g/mol. The number of esters is 1. The first kappa shape index (κ1) is 24.1. The maximum absolute atomic E-state index is 13.2. The van der Waals surface area contributed by atoms with Crippen LogP contribution in [0, 0.1) is 5.82 Å². The van der Waals surface area contributed by atoms with E-state index in [9.17, 15) is 14.0 Å². The maximum atomic E-state index is 13.2. The third-order valence-corrected chi connectivity index (χ3v) is 6.79. The van der Waals surface area contributed by atoms with E-state index in [2.05, 4.69) is 20.4 Å². The van der Waals surface area contributed by atoms with Crippen LogP contribution in [0.3, 0.4) is 0 Å². The van der Waals surface area contributed by atoms with Gasteiger partial charge < -0.3 is 20.3 Å². The quantitative estimate of drug-likeness (QED) is 0.463. The van der Waals surface area contributed by atoms with Crippen molar-refractivity contribution in [2.75, 3.05) is 50.5 Å². The Balaban J connectivity index is 1.54. The lowest BCUT2D eigenvalue weighted by Gasteiger charge is -2.38. The highest BCUT2D eigenvalue weighted by Gasteiger charge is 2.34. The Morgan fingerprint density at radius 2 is 1.76 bits per heavy atom. The molecule has 0 spiro atoms. The first-order valence-corrected chi connectivity index (χ1v) is 12.6. The van der Waals surface area contributed by atoms with Gasteiger partial charge in [-0.3, -0.25) is 4.90 Å². The Kier molecular flexibility index (Phi) is 7.74. The summed E-state index contributed by atoms with van der Waals surface area (Å²) in [5.41, 5.74) is 2.81. The second-order valence-electron chi connectivity index (χ2n) is 8.16. The highest BCUT2D eigenvalue weighted by molar-refractivity contribution is 7.98. The van der Waals surface area contributed by atoms with Gasteiger partial charge in [0.25, 0.3) is 0 Å². The molecule has 0 saturated carbocycles. The molecule has 2 heterocycles. The highest BCUT2D eigenvalue weighted by atomic mass is 32.2. The van der Waals surface area contributed by atoms with Crippen molar-refractivity contribution >= 4 is 29.4 Å². The SMILES string of the molecule is CCOC(=O)C1=C(CN2CCN(c3ccc(F)cc3)CC2)NC(=O)NC1c1ccc(SC)cc1. The summed E-state index contributed by atoms with van der Waals surface area (Å²) in [5.74, 6) is -0.686. The van der Waals surface area contributed by atoms with E-state index in [0.717, 1.165) is 42.3 Å². The molecule has 0 aromatic heterocycles. The molecule has 180 valence electrons. The van der Waals surface area contributed by atoms with Crippen molar-refractivity contribution in [3.05, 3.63) is 71.2 Å². The summed E-state index contributed by atoms with van der Waals surface area (Å²) in [4.78, 5) is 31.0. The number of nitrogens with zero attached hydrogens (tertiary/aromatic N) is 2. The van der Waals surface area contributed by atoms with Crippen molar-refractivity contribution in [2.24, 2.45) is 0 Å². The van der Waals surface area contributed by atoms with Crippen molar-refractivity contribution < 1.29 is 18.7 Å². The van der Waals surface area contributed by atoms with Gasteiger partial charge in [-0.05, 0) is 55.1 Å². The molecule has 1 saturated heterocycles. The number of anilines is 1. The van der Waals surface area contributed by atoms with E-state index in [1.807, 2.05) is 30.5 Å². The number of benzene rings is 2. The van der Waals surface area contributed by atoms with Gasteiger partial charge in [-0.2, -0.15) is 0 Å². The van der Waals surface area contributed by atoms with Gasteiger partial charge in [0, 0.05) is 49.0 Å². The minimum absolute atomic E-state index is 0.248. The van der Waals surface area contributed by atoms with E-state index in [-0.39, 0.29) is 18.5 Å². The molecule has 4 rings (SSSR count). The smallest absolute Gasteiger partial charge is 0.338 e. The van der Waals surface area contributed by atoms with Crippen molar-refractivity contribution in [1.29, 1.82) is 0 Å². The topological polar surface area (TPSA) is 73.9 Å². The highest BCUT2D eigenvalue weighted by Crippen LogP contribution is 2.30. The lowest BCUT2D eigenvalue weighted by Crippen LogP contribution is -2.51. The Morgan fingerprint density at radius 3 is 2.38 bits per heavy atom. The molecule has 0 radical (unpaired) electrons. The first-order valence-electron chi connectivity index (χ1n) is 11.3. The number of carbonyl (C=O) groups excluding carboxylic acids is 2. The molecular formula is C25H29FN4O3S. The predicted octanol–water partition coefficient (Wildman–Crippen LogP) is 3.54. The predicted molar refractivity (Wildman–Crippen MR) is 131 cm³/mol. The maximum Gasteiger partial charge on any atom is 0.338 e. The normalized spacial score (nSPS) is 19.0. The molecule has 1 atom stereocenters. The number of carbonyl (C=O) groups is 2. The van der Waals surface area contributed by atoms with Crippen LogP contribution in [0.1, 0.15) is 18.5 Å². The molecular weight excluding hydrogens is 455 g/mol. The third-order valence-electron chi connectivity index (χ3n) is 6.04. The Hall–Kier alpha value is -3.04. The summed E-state index contributed by atoms with van der Waals surface area (Å²) >= 11 is 1.63. The minimum Gasteiger partial charge on any atom is -0.463 e. The van der Waals surface area contributed by atoms with Gasteiger partial charge in [0.1, 0.15) is 5.82 Å². The number of urea groups is 1. The first-order chi connectivity index (χ1) is 16.5. The van der Waals surface area contributed by atoms with Crippen molar-refractivity contribution in [3.63, 3.8) is 0 Å². The number of hydrogen-bond acceptors (Lipinski definition) is 6. The van der Waals surface area contributed by atoms with Crippen molar-refractivity contribution in [3.8, 4) is 0 Å². The summed E-state index contributed by atoms with van der Waals surface area (Å²) in [5, 5.41) is 5.74. The summed E-state index contributed by atoms with van der Waals surface area (Å²) in [6.07, 6.45) is 2.00. The lowest BCUT2D eigenvalue weighted by molar-refractivity contribution is -0.139. The number of amides is 2.